The molecule has 0 fully saturated rings. The lowest BCUT2D eigenvalue weighted by molar-refractivity contribution is 0.0107. The molecule has 2 aliphatic rings. The Balaban J connectivity index is 2.40. The molecule has 0 unspecified atom stereocenters. The summed E-state index contributed by atoms with van der Waals surface area (Å²) < 4.78 is 169. The van der Waals surface area contributed by atoms with Gasteiger partial charge in [-0.3, -0.25) is 0 Å². The fourth-order valence-corrected chi connectivity index (χ4v) is 2.69. The topological polar surface area (TPSA) is 29.5 Å². The van der Waals surface area contributed by atoms with Crippen LogP contribution in [0.15, 0.2) is 23.8 Å². The van der Waals surface area contributed by atoms with Crippen LogP contribution in [0.25, 0.3) is 0 Å². The number of benzene rings is 1. The smallest absolute Gasteiger partial charge is 0.127 e. The molecule has 126 valence electrons. The number of allylic oxidation sites excluding steroid dienone is 2. The lowest BCUT2D eigenvalue weighted by Crippen LogP contribution is -2.45. The minimum atomic E-state index is -4.02. The molecule has 2 heteroatoms. The van der Waals surface area contributed by atoms with E-state index in [0.29, 0.717) is 6.07 Å². The van der Waals surface area contributed by atoms with Gasteiger partial charge in [-0.05, 0) is 63.9 Å². The van der Waals surface area contributed by atoms with E-state index in [-0.39, 0.29) is 0 Å². The van der Waals surface area contributed by atoms with E-state index >= 15 is 0 Å². The van der Waals surface area contributed by atoms with Crippen LogP contribution in [0.4, 0.5) is 0 Å². The van der Waals surface area contributed by atoms with Crippen LogP contribution in [-0.4, -0.2) is 10.7 Å². The molecule has 0 spiro atoms. The second-order valence-corrected chi connectivity index (χ2v) is 5.64. The Bertz CT molecular complexity index is 1350. The third-order valence-electron chi connectivity index (χ3n) is 3.65. The van der Waals surface area contributed by atoms with E-state index < -0.39 is 104 Å². The van der Waals surface area contributed by atoms with Gasteiger partial charge in [0.25, 0.3) is 0 Å². The number of phenols is 1. The zero-order valence-corrected chi connectivity index (χ0v) is 12.6. The average Bonchev–Trinajstić information content (AvgIpc) is 2.76. The van der Waals surface area contributed by atoms with Gasteiger partial charge in [-0.25, -0.2) is 0 Å². The van der Waals surface area contributed by atoms with Crippen LogP contribution in [0.2, 0.25) is 0 Å². The van der Waals surface area contributed by atoms with Crippen molar-refractivity contribution in [1.29, 1.82) is 0 Å². The summed E-state index contributed by atoms with van der Waals surface area (Å²) in [6, 6.07) is 0.174. The van der Waals surface area contributed by atoms with Crippen LogP contribution in [0.1, 0.15) is 104 Å². The predicted octanol–water partition coefficient (Wildman–Crippen LogP) is 5.74. The van der Waals surface area contributed by atoms with Crippen LogP contribution in [-0.2, 0) is 6.37 Å². The van der Waals surface area contributed by atoms with E-state index in [1.54, 1.807) is 0 Å². The van der Waals surface area contributed by atoms with Gasteiger partial charge in [-0.1, -0.05) is 31.2 Å². The monoisotopic (exact) mass is 334 g/mol. The van der Waals surface area contributed by atoms with Crippen LogP contribution in [0.5, 0.6) is 11.5 Å². The fraction of sp³-hybridized carbons (Fsp3) is 0.619. The number of aryl methyl sites for hydroxylation is 1. The zero-order chi connectivity index (χ0) is 34.2. The fourth-order valence-electron chi connectivity index (χ4n) is 2.69. The molecule has 0 bridgehead atoms. The van der Waals surface area contributed by atoms with Gasteiger partial charge in [-0.15, -0.1) is 0 Å². The molecule has 3 rings (SSSR count). The maximum atomic E-state index is 11.1. The Morgan fingerprint density at radius 2 is 2.39 bits per heavy atom. The SMILES string of the molecule is [2H]C1=C(C([2H])([2H])[2H])C([2H])([2H])C([2H])([2H])[C@]2([2H])[C@@H]1c1c(O)cc(C([2H])([2H])C([2H])([2H])C([2H])([2H])C([2H])([2H])C([2H])([2H])[2H])cc1OC2(C)C. The molecular weight excluding hydrogens is 284 g/mol. The lowest BCUT2D eigenvalue weighted by atomic mass is 9.68. The standard InChI is InChI=1S/C21H30O2/c1-5-6-7-8-15-12-18(22)20-16-11-14(2)9-10-17(16)21(3,4)23-19(20)13-15/h11-13,16-17,22H,5-10H2,1-4H3/t16-,17-/m1/s1/i1D3,2D3,5D2,6D2,7D2,8D2,9D2,10D2,11D,17D. The number of ether oxygens (including phenoxy) is 1. The van der Waals surface area contributed by atoms with E-state index in [2.05, 4.69) is 0 Å². The molecule has 0 amide bonds. The third-order valence-corrected chi connectivity index (χ3v) is 3.65. The van der Waals surface area contributed by atoms with E-state index in [1.165, 1.54) is 0 Å². The highest BCUT2D eigenvalue weighted by Gasteiger charge is 2.45. The molecule has 1 heterocycles. The van der Waals surface area contributed by atoms with Crippen molar-refractivity contribution in [3.63, 3.8) is 0 Å². The Hall–Kier alpha value is -1.44. The number of hydrogen-bond acceptors (Lipinski definition) is 2. The van der Waals surface area contributed by atoms with Crippen molar-refractivity contribution in [1.82, 2.24) is 0 Å². The van der Waals surface area contributed by atoms with Crippen molar-refractivity contribution in [2.75, 3.05) is 0 Å². The molecule has 2 atom stereocenters. The summed E-state index contributed by atoms with van der Waals surface area (Å²) in [7, 11) is 0. The third kappa shape index (κ3) is 3.13. The highest BCUT2D eigenvalue weighted by molar-refractivity contribution is 5.53. The Kier molecular flexibility index (Phi) is 1.30. The molecule has 0 saturated heterocycles. The Morgan fingerprint density at radius 1 is 1.52 bits per heavy atom. The van der Waals surface area contributed by atoms with Gasteiger partial charge in [0.15, 0.2) is 0 Å². The Labute approximate surface area is 168 Å². The Morgan fingerprint density at radius 3 is 3.17 bits per heavy atom. The molecule has 1 aliphatic carbocycles. The number of hydrogen-bond donors (Lipinski definition) is 1. The summed E-state index contributed by atoms with van der Waals surface area (Å²) in [5.74, 6) is -6.52. The van der Waals surface area contributed by atoms with E-state index in [4.69, 9.17) is 30.8 Å². The van der Waals surface area contributed by atoms with Gasteiger partial charge in [0, 0.05) is 43.4 Å². The molecule has 0 saturated carbocycles. The summed E-state index contributed by atoms with van der Waals surface area (Å²) in [4.78, 5) is 0. The van der Waals surface area contributed by atoms with Gasteiger partial charge in [-0.2, -0.15) is 0 Å². The first-order chi connectivity index (χ1) is 18.6. The molecular formula is C21H30O2. The normalized spacial score (nSPS) is 49.6. The minimum Gasteiger partial charge on any atom is -0.507 e. The van der Waals surface area contributed by atoms with Crippen molar-refractivity contribution in [3.05, 3.63) is 34.9 Å². The van der Waals surface area contributed by atoms with E-state index in [1.807, 2.05) is 0 Å². The van der Waals surface area contributed by atoms with Crippen molar-refractivity contribution < 1.29 is 37.3 Å². The maximum absolute atomic E-state index is 11.1. The van der Waals surface area contributed by atoms with Crippen LogP contribution >= 0.6 is 0 Å². The first-order valence-electron chi connectivity index (χ1n) is 16.9. The summed E-state index contributed by atoms with van der Waals surface area (Å²) in [6.45, 7) is -4.85. The first-order valence-corrected chi connectivity index (χ1v) is 6.90. The molecule has 2 nitrogen and oxygen atoms in total. The number of fused-ring (bicyclic) bond motifs is 3. The number of aromatic hydroxyl groups is 1. The molecule has 1 aromatic carbocycles. The van der Waals surface area contributed by atoms with Gasteiger partial charge in [0.2, 0.25) is 0 Å². The molecule has 0 aromatic heterocycles. The van der Waals surface area contributed by atoms with E-state index in [0.717, 1.165) is 19.9 Å². The van der Waals surface area contributed by atoms with Crippen LogP contribution in [0.3, 0.4) is 0 Å². The van der Waals surface area contributed by atoms with Crippen LogP contribution < -0.4 is 4.74 Å². The predicted molar refractivity (Wildman–Crippen MR) is 95.3 cm³/mol. The van der Waals surface area contributed by atoms with E-state index in [9.17, 15) is 6.48 Å². The number of phenolic OH excluding ortho intramolecular Hbond substituents is 1. The van der Waals surface area contributed by atoms with Crippen molar-refractivity contribution >= 4 is 0 Å². The quantitative estimate of drug-likeness (QED) is 0.712. The summed E-state index contributed by atoms with van der Waals surface area (Å²) >= 11 is 0. The molecule has 1 aliphatic heterocycles. The molecule has 23 heavy (non-hydrogen) atoms. The number of rotatable bonds is 4. The summed E-state index contributed by atoms with van der Waals surface area (Å²) in [5, 5.41) is 11.1. The molecule has 1 aromatic rings. The molecule has 0 radical (unpaired) electrons. The minimum absolute atomic E-state index is 0.515. The highest BCUT2D eigenvalue weighted by Crippen LogP contribution is 2.53. The van der Waals surface area contributed by atoms with Crippen molar-refractivity contribution in [2.45, 2.75) is 77.3 Å². The first kappa shape index (κ1) is 4.80. The van der Waals surface area contributed by atoms with Gasteiger partial charge >= 0.3 is 0 Å². The van der Waals surface area contributed by atoms with Crippen molar-refractivity contribution in [3.8, 4) is 11.5 Å². The van der Waals surface area contributed by atoms with Gasteiger partial charge in [0.05, 0.1) is 1.37 Å². The highest BCUT2D eigenvalue weighted by atomic mass is 16.5. The largest absolute Gasteiger partial charge is 0.507 e. The summed E-state index contributed by atoms with van der Waals surface area (Å²) in [6.07, 6.45) is -22.3. The lowest BCUT2D eigenvalue weighted by Gasteiger charge is -2.46. The maximum Gasteiger partial charge on any atom is 0.127 e. The summed E-state index contributed by atoms with van der Waals surface area (Å²) in [5.41, 5.74) is -4.91. The molecule has 1 N–H and O–H groups in total. The average molecular weight is 335 g/mol. The second-order valence-electron chi connectivity index (χ2n) is 5.64. The van der Waals surface area contributed by atoms with Gasteiger partial charge < -0.3 is 9.84 Å². The second kappa shape index (κ2) is 6.22. The van der Waals surface area contributed by atoms with Gasteiger partial charge in [0.1, 0.15) is 17.1 Å². The van der Waals surface area contributed by atoms with Crippen molar-refractivity contribution in [2.24, 2.45) is 5.89 Å². The zero-order valence-electron chi connectivity index (χ0n) is 32.6. The van der Waals surface area contributed by atoms with Crippen LogP contribution in [0, 0.1) is 5.89 Å².